The molecule has 2 aromatic carbocycles. The van der Waals surface area contributed by atoms with Crippen molar-refractivity contribution in [3.05, 3.63) is 65.7 Å². The fourth-order valence-corrected chi connectivity index (χ4v) is 2.39. The Labute approximate surface area is 122 Å². The van der Waals surface area contributed by atoms with E-state index in [9.17, 15) is 0 Å². The highest BCUT2D eigenvalue weighted by Crippen LogP contribution is 2.17. The van der Waals surface area contributed by atoms with Crippen LogP contribution in [0.25, 0.3) is 0 Å². The minimum absolute atomic E-state index is 0.744. The Morgan fingerprint density at radius 3 is 2.45 bits per heavy atom. The smallest absolute Gasteiger partial charge is 0.0368 e. The molecule has 0 heterocycles. The maximum Gasteiger partial charge on any atom is 0.0368 e. The summed E-state index contributed by atoms with van der Waals surface area (Å²) >= 11 is 0. The van der Waals surface area contributed by atoms with Gasteiger partial charge in [-0.3, -0.25) is 0 Å². The number of benzene rings is 2. The number of nitrogens with zero attached hydrogens (tertiary/aromatic N) is 1. The zero-order valence-corrected chi connectivity index (χ0v) is 12.3. The van der Waals surface area contributed by atoms with E-state index in [4.69, 9.17) is 5.73 Å². The molecule has 0 spiro atoms. The van der Waals surface area contributed by atoms with Crippen molar-refractivity contribution in [3.63, 3.8) is 0 Å². The van der Waals surface area contributed by atoms with E-state index in [1.165, 1.54) is 16.8 Å². The SMILES string of the molecule is Cc1cccc(N(CCCN)CCc2ccccc2)c1. The van der Waals surface area contributed by atoms with E-state index in [0.717, 1.165) is 32.5 Å². The lowest BCUT2D eigenvalue weighted by atomic mass is 10.1. The van der Waals surface area contributed by atoms with Gasteiger partial charge in [0.05, 0.1) is 0 Å². The molecule has 0 fully saturated rings. The Morgan fingerprint density at radius 2 is 1.75 bits per heavy atom. The third-order valence-corrected chi connectivity index (χ3v) is 3.51. The quantitative estimate of drug-likeness (QED) is 0.834. The Morgan fingerprint density at radius 1 is 0.950 bits per heavy atom. The maximum absolute atomic E-state index is 5.67. The molecule has 0 amide bonds. The number of hydrogen-bond donors (Lipinski definition) is 1. The molecule has 2 aromatic rings. The van der Waals surface area contributed by atoms with Gasteiger partial charge in [-0.1, -0.05) is 42.5 Å². The monoisotopic (exact) mass is 268 g/mol. The van der Waals surface area contributed by atoms with E-state index in [1.54, 1.807) is 0 Å². The third-order valence-electron chi connectivity index (χ3n) is 3.51. The summed E-state index contributed by atoms with van der Waals surface area (Å²) in [6.07, 6.45) is 2.10. The third kappa shape index (κ3) is 4.39. The molecule has 20 heavy (non-hydrogen) atoms. The molecule has 0 aliphatic carbocycles. The van der Waals surface area contributed by atoms with Crippen molar-refractivity contribution in [1.29, 1.82) is 0 Å². The van der Waals surface area contributed by atoms with Crippen LogP contribution in [-0.4, -0.2) is 19.6 Å². The summed E-state index contributed by atoms with van der Waals surface area (Å²) in [4.78, 5) is 2.44. The largest absolute Gasteiger partial charge is 0.371 e. The molecule has 2 nitrogen and oxygen atoms in total. The van der Waals surface area contributed by atoms with Gasteiger partial charge in [0.15, 0.2) is 0 Å². The standard InChI is InChI=1S/C18H24N2/c1-16-7-5-10-18(15-16)20(13-6-12-19)14-11-17-8-3-2-4-9-17/h2-5,7-10,15H,6,11-14,19H2,1H3. The molecule has 0 aromatic heterocycles. The molecular formula is C18H24N2. The number of aryl methyl sites for hydroxylation is 1. The van der Waals surface area contributed by atoms with Crippen LogP contribution in [0.2, 0.25) is 0 Å². The van der Waals surface area contributed by atoms with Crippen LogP contribution in [0.5, 0.6) is 0 Å². The summed E-state index contributed by atoms with van der Waals surface area (Å²) in [6.45, 7) is 4.94. The van der Waals surface area contributed by atoms with Gasteiger partial charge in [-0.05, 0) is 49.6 Å². The van der Waals surface area contributed by atoms with Gasteiger partial charge in [-0.15, -0.1) is 0 Å². The van der Waals surface area contributed by atoms with Crippen molar-refractivity contribution in [1.82, 2.24) is 0 Å². The van der Waals surface area contributed by atoms with Crippen molar-refractivity contribution >= 4 is 5.69 Å². The van der Waals surface area contributed by atoms with Crippen LogP contribution in [0.15, 0.2) is 54.6 Å². The molecule has 0 radical (unpaired) electrons. The van der Waals surface area contributed by atoms with Gasteiger partial charge < -0.3 is 10.6 Å². The first-order valence-corrected chi connectivity index (χ1v) is 7.35. The first-order valence-electron chi connectivity index (χ1n) is 7.35. The van der Waals surface area contributed by atoms with E-state index in [1.807, 2.05) is 0 Å². The molecule has 0 bridgehead atoms. The molecule has 0 saturated heterocycles. The maximum atomic E-state index is 5.67. The molecule has 0 saturated carbocycles. The van der Waals surface area contributed by atoms with Crippen LogP contribution in [0.4, 0.5) is 5.69 Å². The van der Waals surface area contributed by atoms with Crippen molar-refractivity contribution in [2.45, 2.75) is 19.8 Å². The second kappa shape index (κ2) is 7.71. The van der Waals surface area contributed by atoms with Crippen LogP contribution in [-0.2, 0) is 6.42 Å². The molecule has 2 heteroatoms. The van der Waals surface area contributed by atoms with Crippen LogP contribution in [0.1, 0.15) is 17.5 Å². The lowest BCUT2D eigenvalue weighted by molar-refractivity contribution is 0.729. The normalized spacial score (nSPS) is 10.5. The predicted molar refractivity (Wildman–Crippen MR) is 87.2 cm³/mol. The summed E-state index contributed by atoms with van der Waals surface area (Å²) in [5.74, 6) is 0. The fraction of sp³-hybridized carbons (Fsp3) is 0.333. The minimum Gasteiger partial charge on any atom is -0.371 e. The van der Waals surface area contributed by atoms with Crippen molar-refractivity contribution in [3.8, 4) is 0 Å². The molecule has 0 aliphatic heterocycles. The second-order valence-electron chi connectivity index (χ2n) is 5.20. The van der Waals surface area contributed by atoms with Gasteiger partial charge in [0, 0.05) is 18.8 Å². The highest BCUT2D eigenvalue weighted by atomic mass is 15.1. The molecular weight excluding hydrogens is 244 g/mol. The fourth-order valence-electron chi connectivity index (χ4n) is 2.39. The van der Waals surface area contributed by atoms with Gasteiger partial charge in [0.1, 0.15) is 0 Å². The highest BCUT2D eigenvalue weighted by molar-refractivity contribution is 5.48. The average molecular weight is 268 g/mol. The molecule has 0 aliphatic rings. The topological polar surface area (TPSA) is 29.3 Å². The summed E-state index contributed by atoms with van der Waals surface area (Å²) in [7, 11) is 0. The Hall–Kier alpha value is -1.80. The van der Waals surface area contributed by atoms with Crippen molar-refractivity contribution < 1.29 is 0 Å². The van der Waals surface area contributed by atoms with E-state index >= 15 is 0 Å². The van der Waals surface area contributed by atoms with Crippen molar-refractivity contribution in [2.24, 2.45) is 5.73 Å². The summed E-state index contributed by atoms with van der Waals surface area (Å²) < 4.78 is 0. The van der Waals surface area contributed by atoms with Crippen molar-refractivity contribution in [2.75, 3.05) is 24.5 Å². The molecule has 2 N–H and O–H groups in total. The first-order chi connectivity index (χ1) is 9.79. The van der Waals surface area contributed by atoms with E-state index in [2.05, 4.69) is 66.4 Å². The van der Waals surface area contributed by atoms with E-state index < -0.39 is 0 Å². The lowest BCUT2D eigenvalue weighted by Gasteiger charge is -2.25. The zero-order chi connectivity index (χ0) is 14.2. The van der Waals surface area contributed by atoms with Crippen LogP contribution >= 0.6 is 0 Å². The lowest BCUT2D eigenvalue weighted by Crippen LogP contribution is -2.28. The minimum atomic E-state index is 0.744. The van der Waals surface area contributed by atoms with Gasteiger partial charge in [-0.25, -0.2) is 0 Å². The van der Waals surface area contributed by atoms with Gasteiger partial charge >= 0.3 is 0 Å². The van der Waals surface area contributed by atoms with E-state index in [-0.39, 0.29) is 0 Å². The van der Waals surface area contributed by atoms with Crippen LogP contribution in [0, 0.1) is 6.92 Å². The van der Waals surface area contributed by atoms with Crippen LogP contribution in [0.3, 0.4) is 0 Å². The van der Waals surface area contributed by atoms with E-state index in [0.29, 0.717) is 0 Å². The molecule has 0 unspecified atom stereocenters. The Balaban J connectivity index is 2.03. The number of hydrogen-bond acceptors (Lipinski definition) is 2. The Bertz CT molecular complexity index is 508. The van der Waals surface area contributed by atoms with Gasteiger partial charge in [-0.2, -0.15) is 0 Å². The molecule has 2 rings (SSSR count). The van der Waals surface area contributed by atoms with Gasteiger partial charge in [0.25, 0.3) is 0 Å². The first kappa shape index (κ1) is 14.6. The molecule has 106 valence electrons. The van der Waals surface area contributed by atoms with Crippen LogP contribution < -0.4 is 10.6 Å². The summed E-state index contributed by atoms with van der Waals surface area (Å²) in [5.41, 5.74) is 9.66. The van der Waals surface area contributed by atoms with Gasteiger partial charge in [0.2, 0.25) is 0 Å². The number of nitrogens with two attached hydrogens (primary N) is 1. The number of anilines is 1. The average Bonchev–Trinajstić information content (AvgIpc) is 2.48. The summed E-state index contributed by atoms with van der Waals surface area (Å²) in [6, 6.07) is 19.4. The number of rotatable bonds is 7. The predicted octanol–water partition coefficient (Wildman–Crippen LogP) is 3.39. The highest BCUT2D eigenvalue weighted by Gasteiger charge is 2.06. The second-order valence-corrected chi connectivity index (χ2v) is 5.20. The Kier molecular flexibility index (Phi) is 5.63. The summed E-state index contributed by atoms with van der Waals surface area (Å²) in [5, 5.41) is 0. The molecule has 0 atom stereocenters. The zero-order valence-electron chi connectivity index (χ0n) is 12.3.